The molecule has 0 radical (unpaired) electrons. The number of halogens is 4. The fourth-order valence-electron chi connectivity index (χ4n) is 3.10. The molecule has 0 aliphatic carbocycles. The first-order chi connectivity index (χ1) is 14.5. The summed E-state index contributed by atoms with van der Waals surface area (Å²) in [6, 6.07) is 12.0. The second-order valence-electron chi connectivity index (χ2n) is 7.58. The van der Waals surface area contributed by atoms with Gasteiger partial charge in [-0.1, -0.05) is 35.1 Å². The predicted molar refractivity (Wildman–Crippen MR) is 117 cm³/mol. The summed E-state index contributed by atoms with van der Waals surface area (Å²) >= 11 is 3.55. The lowest BCUT2D eigenvalue weighted by atomic mass is 10.4. The fraction of sp³-hybridized carbons (Fsp3) is 0.200. The molecule has 0 bridgehead atoms. The van der Waals surface area contributed by atoms with Crippen LogP contribution in [0.3, 0.4) is 0 Å². The molecule has 0 atom stereocenters. The summed E-state index contributed by atoms with van der Waals surface area (Å²) < 4.78 is 42.5. The highest BCUT2D eigenvalue weighted by molar-refractivity contribution is 9.10. The van der Waals surface area contributed by atoms with Crippen molar-refractivity contribution in [3.63, 3.8) is 0 Å². The molecule has 4 heterocycles. The Kier molecular flexibility index (Phi) is 5.34. The molecule has 6 nitrogen and oxygen atoms in total. The molecule has 160 valence electrons. The number of pyridine rings is 2. The van der Waals surface area contributed by atoms with E-state index in [1.54, 1.807) is 16.8 Å². The largest absolute Gasteiger partial charge is 0.435 e. The lowest BCUT2D eigenvalue weighted by molar-refractivity contribution is -0.141. The van der Waals surface area contributed by atoms with Crippen molar-refractivity contribution < 1.29 is 13.2 Å². The first kappa shape index (κ1) is 21.4. The molecule has 0 unspecified atom stereocenters. The van der Waals surface area contributed by atoms with Gasteiger partial charge in [0.05, 0.1) is 5.69 Å². The van der Waals surface area contributed by atoms with E-state index in [1.807, 2.05) is 37.4 Å². The summed E-state index contributed by atoms with van der Waals surface area (Å²) in [5.41, 5.74) is -0.0735. The molecule has 0 aliphatic rings. The second kappa shape index (κ2) is 7.72. The molecule has 4 aromatic heterocycles. The molecule has 31 heavy (non-hydrogen) atoms. The summed E-state index contributed by atoms with van der Waals surface area (Å²) in [7, 11) is -2.40. The SMILES string of the molecule is Cc1ccn(-c2cc(Br)cc([Si](C)(C)c3cccc(-n4ccc(C(F)(F)F)n4)n3)n2)n1. The van der Waals surface area contributed by atoms with E-state index in [-0.39, 0.29) is 0 Å². The fourth-order valence-corrected chi connectivity index (χ4v) is 5.81. The van der Waals surface area contributed by atoms with Gasteiger partial charge in [0.25, 0.3) is 0 Å². The van der Waals surface area contributed by atoms with Gasteiger partial charge in [0.1, 0.15) is 0 Å². The van der Waals surface area contributed by atoms with E-state index in [4.69, 9.17) is 4.98 Å². The second-order valence-corrected chi connectivity index (χ2v) is 12.8. The number of hydrogen-bond acceptors (Lipinski definition) is 4. The minimum atomic E-state index is -4.50. The third-order valence-electron chi connectivity index (χ3n) is 4.86. The Hall–Kier alpha value is -2.79. The van der Waals surface area contributed by atoms with Crippen molar-refractivity contribution in [1.82, 2.24) is 29.5 Å². The normalized spacial score (nSPS) is 12.4. The molecule has 0 fully saturated rings. The van der Waals surface area contributed by atoms with Crippen LogP contribution in [0.15, 0.2) is 59.3 Å². The van der Waals surface area contributed by atoms with Gasteiger partial charge in [-0.15, -0.1) is 0 Å². The molecule has 0 amide bonds. The molecular formula is C20H18BrF3N6Si. The molecule has 4 aromatic rings. The Labute approximate surface area is 185 Å². The molecule has 0 saturated heterocycles. The Morgan fingerprint density at radius 1 is 0.871 bits per heavy atom. The highest BCUT2D eigenvalue weighted by Crippen LogP contribution is 2.27. The Bertz CT molecular complexity index is 1250. The van der Waals surface area contributed by atoms with Gasteiger partial charge in [-0.2, -0.15) is 23.4 Å². The van der Waals surface area contributed by atoms with E-state index in [9.17, 15) is 13.2 Å². The predicted octanol–water partition coefficient (Wildman–Crippen LogP) is 3.76. The molecule has 0 aliphatic heterocycles. The van der Waals surface area contributed by atoms with Crippen molar-refractivity contribution in [2.45, 2.75) is 26.2 Å². The van der Waals surface area contributed by atoms with Crippen LogP contribution in [0.2, 0.25) is 13.1 Å². The van der Waals surface area contributed by atoms with Crippen molar-refractivity contribution >= 4 is 34.6 Å². The zero-order chi connectivity index (χ0) is 22.4. The van der Waals surface area contributed by atoms with Crippen molar-refractivity contribution in [1.29, 1.82) is 0 Å². The maximum atomic E-state index is 12.9. The van der Waals surface area contributed by atoms with E-state index in [1.165, 1.54) is 6.20 Å². The molecule has 11 heteroatoms. The first-order valence-corrected chi connectivity index (χ1v) is 13.1. The Balaban J connectivity index is 1.74. The zero-order valence-electron chi connectivity index (χ0n) is 16.9. The lowest BCUT2D eigenvalue weighted by Gasteiger charge is -2.22. The first-order valence-electron chi connectivity index (χ1n) is 9.35. The van der Waals surface area contributed by atoms with Gasteiger partial charge in [-0.05, 0) is 43.3 Å². The summed E-state index contributed by atoms with van der Waals surface area (Å²) in [5.74, 6) is 1.00. The summed E-state index contributed by atoms with van der Waals surface area (Å²) in [6.07, 6.45) is -1.39. The lowest BCUT2D eigenvalue weighted by Crippen LogP contribution is -2.56. The smallest absolute Gasteiger partial charge is 0.238 e. The van der Waals surface area contributed by atoms with Crippen molar-refractivity contribution in [3.8, 4) is 11.6 Å². The molecule has 0 spiro atoms. The van der Waals surface area contributed by atoms with Gasteiger partial charge in [0.2, 0.25) is 0 Å². The van der Waals surface area contributed by atoms with Crippen molar-refractivity contribution in [3.05, 3.63) is 70.7 Å². The Morgan fingerprint density at radius 2 is 1.55 bits per heavy atom. The van der Waals surface area contributed by atoms with E-state index in [0.717, 1.165) is 31.5 Å². The monoisotopic (exact) mass is 506 g/mol. The van der Waals surface area contributed by atoms with Crippen LogP contribution >= 0.6 is 15.9 Å². The molecule has 0 saturated carbocycles. The Morgan fingerprint density at radius 3 is 2.19 bits per heavy atom. The van der Waals surface area contributed by atoms with E-state index < -0.39 is 19.9 Å². The van der Waals surface area contributed by atoms with Gasteiger partial charge in [-0.3, -0.25) is 0 Å². The number of nitrogens with zero attached hydrogens (tertiary/aromatic N) is 6. The summed E-state index contributed by atoms with van der Waals surface area (Å²) in [5, 5.41) is 9.70. The number of rotatable bonds is 4. The minimum Gasteiger partial charge on any atom is -0.238 e. The third kappa shape index (κ3) is 4.33. The van der Waals surface area contributed by atoms with Gasteiger partial charge in [-0.25, -0.2) is 19.3 Å². The number of alkyl halides is 3. The maximum absolute atomic E-state index is 12.9. The molecule has 0 aromatic carbocycles. The zero-order valence-corrected chi connectivity index (χ0v) is 19.5. The van der Waals surface area contributed by atoms with Crippen LogP contribution in [-0.4, -0.2) is 37.6 Å². The van der Waals surface area contributed by atoms with Gasteiger partial charge >= 0.3 is 6.18 Å². The third-order valence-corrected chi connectivity index (χ3v) is 8.42. The maximum Gasteiger partial charge on any atom is 0.435 e. The topological polar surface area (TPSA) is 61.4 Å². The minimum absolute atomic E-state index is 0.325. The highest BCUT2D eigenvalue weighted by Gasteiger charge is 2.34. The summed E-state index contributed by atoms with van der Waals surface area (Å²) in [6.45, 7) is 6.09. The van der Waals surface area contributed by atoms with Crippen molar-refractivity contribution in [2.24, 2.45) is 0 Å². The van der Waals surface area contributed by atoms with Crippen LogP contribution in [-0.2, 0) is 6.18 Å². The average molecular weight is 507 g/mol. The molecular weight excluding hydrogens is 489 g/mol. The van der Waals surface area contributed by atoms with Gasteiger partial charge in [0, 0.05) is 27.5 Å². The quantitative estimate of drug-likeness (QED) is 0.395. The standard InChI is InChI=1S/C20H18BrF3N6Si/c1-13-7-9-30(27-13)17-11-14(21)12-19(26-17)31(2,3)18-6-4-5-16(25-18)29-10-8-15(28-29)20(22,23)24/h4-12H,1-3H3. The van der Waals surface area contributed by atoms with Crippen molar-refractivity contribution in [2.75, 3.05) is 0 Å². The molecule has 4 rings (SSSR count). The van der Waals surface area contributed by atoms with Gasteiger partial charge in [0.15, 0.2) is 25.4 Å². The van der Waals surface area contributed by atoms with E-state index in [2.05, 4.69) is 44.2 Å². The van der Waals surface area contributed by atoms with Crippen LogP contribution in [0.25, 0.3) is 11.6 Å². The van der Waals surface area contributed by atoms with Crippen LogP contribution < -0.4 is 10.6 Å². The van der Waals surface area contributed by atoms with Crippen LogP contribution in [0.5, 0.6) is 0 Å². The summed E-state index contributed by atoms with van der Waals surface area (Å²) in [4.78, 5) is 9.46. The highest BCUT2D eigenvalue weighted by atomic mass is 79.9. The van der Waals surface area contributed by atoms with Gasteiger partial charge < -0.3 is 0 Å². The van der Waals surface area contributed by atoms with Crippen LogP contribution in [0.1, 0.15) is 11.4 Å². The average Bonchev–Trinajstić information content (AvgIpc) is 3.37. The van der Waals surface area contributed by atoms with E-state index in [0.29, 0.717) is 11.6 Å². The van der Waals surface area contributed by atoms with E-state index >= 15 is 0 Å². The molecule has 0 N–H and O–H groups in total. The van der Waals surface area contributed by atoms with Crippen LogP contribution in [0, 0.1) is 6.92 Å². The number of hydrogen-bond donors (Lipinski definition) is 0. The number of aryl methyl sites for hydroxylation is 1. The number of aromatic nitrogens is 6. The van der Waals surface area contributed by atoms with Crippen LogP contribution in [0.4, 0.5) is 13.2 Å².